The molecule has 4 nitrogen and oxygen atoms in total. The second-order valence-electron chi connectivity index (χ2n) is 5.34. The molecule has 4 heteroatoms. The average Bonchev–Trinajstić information content (AvgIpc) is 3.02. The van der Waals surface area contributed by atoms with Gasteiger partial charge in [-0.25, -0.2) is 0 Å². The largest absolute Gasteiger partial charge is 0.488 e. The standard InChI is InChI=1S/C19H19NO3/c1-22-18(21)11-10-15-12-20-16-8-5-9-17(19(15)16)23-13-14-6-3-2-4-7-14/h2-9,12,20H,10-11,13H2,1H3. The molecule has 0 amide bonds. The van der Waals surface area contributed by atoms with Gasteiger partial charge in [0, 0.05) is 23.5 Å². The Hall–Kier alpha value is -2.75. The Morgan fingerprint density at radius 1 is 1.09 bits per heavy atom. The third-order valence-corrected chi connectivity index (χ3v) is 3.81. The number of H-pyrrole nitrogens is 1. The molecule has 2 aromatic carbocycles. The number of aromatic nitrogens is 1. The molecule has 0 aliphatic rings. The summed E-state index contributed by atoms with van der Waals surface area (Å²) in [5.41, 5.74) is 3.20. The maximum Gasteiger partial charge on any atom is 0.305 e. The molecule has 0 bridgehead atoms. The van der Waals surface area contributed by atoms with Gasteiger partial charge in [-0.1, -0.05) is 36.4 Å². The minimum atomic E-state index is -0.206. The molecule has 3 aromatic rings. The third-order valence-electron chi connectivity index (χ3n) is 3.81. The summed E-state index contributed by atoms with van der Waals surface area (Å²) in [5.74, 6) is 0.620. The molecule has 0 aliphatic heterocycles. The van der Waals surface area contributed by atoms with Crippen molar-refractivity contribution < 1.29 is 14.3 Å². The number of hydrogen-bond acceptors (Lipinski definition) is 3. The minimum absolute atomic E-state index is 0.206. The Labute approximate surface area is 135 Å². The van der Waals surface area contributed by atoms with Crippen LogP contribution in [0.15, 0.2) is 54.7 Å². The quantitative estimate of drug-likeness (QED) is 0.704. The monoisotopic (exact) mass is 309 g/mol. The smallest absolute Gasteiger partial charge is 0.305 e. The van der Waals surface area contributed by atoms with Crippen LogP contribution >= 0.6 is 0 Å². The summed E-state index contributed by atoms with van der Waals surface area (Å²) in [6.45, 7) is 0.515. The van der Waals surface area contributed by atoms with E-state index in [1.165, 1.54) is 7.11 Å². The fraction of sp³-hybridized carbons (Fsp3) is 0.211. The Kier molecular flexibility index (Phi) is 4.62. The van der Waals surface area contributed by atoms with E-state index in [1.54, 1.807) is 0 Å². The van der Waals surface area contributed by atoms with Crippen molar-refractivity contribution in [2.75, 3.05) is 7.11 Å². The molecular formula is C19H19NO3. The number of aromatic amines is 1. The van der Waals surface area contributed by atoms with Crippen LogP contribution in [0.5, 0.6) is 5.75 Å². The highest BCUT2D eigenvalue weighted by molar-refractivity contribution is 5.89. The number of esters is 1. The number of fused-ring (bicyclic) bond motifs is 1. The number of rotatable bonds is 6. The maximum absolute atomic E-state index is 11.4. The molecule has 23 heavy (non-hydrogen) atoms. The summed E-state index contributed by atoms with van der Waals surface area (Å²) in [4.78, 5) is 14.6. The van der Waals surface area contributed by atoms with Crippen LogP contribution in [0.4, 0.5) is 0 Å². The lowest BCUT2D eigenvalue weighted by molar-refractivity contribution is -0.140. The van der Waals surface area contributed by atoms with Crippen LogP contribution < -0.4 is 4.74 Å². The van der Waals surface area contributed by atoms with E-state index in [2.05, 4.69) is 4.98 Å². The number of carbonyl (C=O) groups is 1. The zero-order valence-electron chi connectivity index (χ0n) is 13.0. The van der Waals surface area contributed by atoms with Gasteiger partial charge in [-0.3, -0.25) is 4.79 Å². The number of hydrogen-bond donors (Lipinski definition) is 1. The predicted octanol–water partition coefficient (Wildman–Crippen LogP) is 3.85. The van der Waals surface area contributed by atoms with Gasteiger partial charge in [0.1, 0.15) is 12.4 Å². The first kappa shape index (κ1) is 15.2. The number of ether oxygens (including phenoxy) is 2. The Morgan fingerprint density at radius 2 is 1.91 bits per heavy atom. The first-order valence-electron chi connectivity index (χ1n) is 7.60. The van der Waals surface area contributed by atoms with Crippen molar-refractivity contribution in [3.05, 3.63) is 65.9 Å². The summed E-state index contributed by atoms with van der Waals surface area (Å²) < 4.78 is 10.7. The molecule has 3 rings (SSSR count). The van der Waals surface area contributed by atoms with Crippen LogP contribution in [0.3, 0.4) is 0 Å². The summed E-state index contributed by atoms with van der Waals surface area (Å²) in [5, 5.41) is 1.03. The normalized spacial score (nSPS) is 10.7. The SMILES string of the molecule is COC(=O)CCc1c[nH]c2cccc(OCc3ccccc3)c12. The zero-order chi connectivity index (χ0) is 16.1. The Balaban J connectivity index is 1.82. The van der Waals surface area contributed by atoms with Crippen molar-refractivity contribution in [3.8, 4) is 5.75 Å². The number of benzene rings is 2. The molecule has 1 N–H and O–H groups in total. The summed E-state index contributed by atoms with van der Waals surface area (Å²) in [7, 11) is 1.41. The number of carbonyl (C=O) groups excluding carboxylic acids is 1. The molecule has 0 saturated carbocycles. The van der Waals surface area contributed by atoms with Crippen molar-refractivity contribution in [3.63, 3.8) is 0 Å². The molecule has 0 aliphatic carbocycles. The van der Waals surface area contributed by atoms with Crippen LogP contribution in [0.2, 0.25) is 0 Å². The van der Waals surface area contributed by atoms with E-state index < -0.39 is 0 Å². The predicted molar refractivity (Wildman–Crippen MR) is 89.4 cm³/mol. The molecule has 0 atom stereocenters. The van der Waals surface area contributed by atoms with Gasteiger partial charge in [0.05, 0.1) is 7.11 Å². The second kappa shape index (κ2) is 7.01. The lowest BCUT2D eigenvalue weighted by Gasteiger charge is -2.09. The van der Waals surface area contributed by atoms with Gasteiger partial charge in [0.15, 0.2) is 0 Å². The third kappa shape index (κ3) is 3.54. The minimum Gasteiger partial charge on any atom is -0.488 e. The van der Waals surface area contributed by atoms with Gasteiger partial charge in [0.2, 0.25) is 0 Å². The van der Waals surface area contributed by atoms with E-state index in [-0.39, 0.29) is 5.97 Å². The zero-order valence-corrected chi connectivity index (χ0v) is 13.0. The fourth-order valence-electron chi connectivity index (χ4n) is 2.61. The Bertz CT molecular complexity index is 793. The molecule has 118 valence electrons. The molecular weight excluding hydrogens is 290 g/mol. The Morgan fingerprint density at radius 3 is 2.70 bits per heavy atom. The van der Waals surface area contributed by atoms with Crippen LogP contribution in [0.25, 0.3) is 10.9 Å². The van der Waals surface area contributed by atoms with Crippen molar-refractivity contribution in [1.82, 2.24) is 4.98 Å². The number of aryl methyl sites for hydroxylation is 1. The number of methoxy groups -OCH3 is 1. The summed E-state index contributed by atoms with van der Waals surface area (Å²) in [6, 6.07) is 16.0. The number of nitrogens with one attached hydrogen (secondary N) is 1. The molecule has 0 saturated heterocycles. The first-order chi connectivity index (χ1) is 11.3. The van der Waals surface area contributed by atoms with Gasteiger partial charge < -0.3 is 14.5 Å². The molecule has 1 aromatic heterocycles. The van der Waals surface area contributed by atoms with Crippen LogP contribution in [-0.2, 0) is 22.6 Å². The van der Waals surface area contributed by atoms with E-state index in [0.29, 0.717) is 19.4 Å². The van der Waals surface area contributed by atoms with Gasteiger partial charge in [-0.15, -0.1) is 0 Å². The molecule has 0 radical (unpaired) electrons. The second-order valence-corrected chi connectivity index (χ2v) is 5.34. The van der Waals surface area contributed by atoms with E-state index in [0.717, 1.165) is 27.8 Å². The molecule has 0 fully saturated rings. The van der Waals surface area contributed by atoms with Crippen LogP contribution in [0, 0.1) is 0 Å². The molecule has 0 spiro atoms. The van der Waals surface area contributed by atoms with Crippen molar-refractivity contribution in [2.45, 2.75) is 19.4 Å². The van der Waals surface area contributed by atoms with Crippen molar-refractivity contribution in [2.24, 2.45) is 0 Å². The highest BCUT2D eigenvalue weighted by atomic mass is 16.5. The van der Waals surface area contributed by atoms with Crippen LogP contribution in [-0.4, -0.2) is 18.1 Å². The van der Waals surface area contributed by atoms with E-state index in [9.17, 15) is 4.79 Å². The first-order valence-corrected chi connectivity index (χ1v) is 7.60. The topological polar surface area (TPSA) is 51.3 Å². The van der Waals surface area contributed by atoms with Crippen LogP contribution in [0.1, 0.15) is 17.5 Å². The molecule has 1 heterocycles. The van der Waals surface area contributed by atoms with Gasteiger partial charge in [-0.05, 0) is 29.7 Å². The summed E-state index contributed by atoms with van der Waals surface area (Å²) in [6.07, 6.45) is 2.91. The highest BCUT2D eigenvalue weighted by Gasteiger charge is 2.11. The van der Waals surface area contributed by atoms with Crippen molar-refractivity contribution in [1.29, 1.82) is 0 Å². The van der Waals surface area contributed by atoms with E-state index in [4.69, 9.17) is 9.47 Å². The lowest BCUT2D eigenvalue weighted by Crippen LogP contribution is -2.02. The van der Waals surface area contributed by atoms with E-state index >= 15 is 0 Å². The van der Waals surface area contributed by atoms with E-state index in [1.807, 2.05) is 54.7 Å². The van der Waals surface area contributed by atoms with Gasteiger partial charge >= 0.3 is 5.97 Å². The average molecular weight is 309 g/mol. The lowest BCUT2D eigenvalue weighted by atomic mass is 10.1. The summed E-state index contributed by atoms with van der Waals surface area (Å²) >= 11 is 0. The highest BCUT2D eigenvalue weighted by Crippen LogP contribution is 2.30. The fourth-order valence-corrected chi connectivity index (χ4v) is 2.61. The van der Waals surface area contributed by atoms with Gasteiger partial charge in [-0.2, -0.15) is 0 Å². The van der Waals surface area contributed by atoms with Crippen molar-refractivity contribution >= 4 is 16.9 Å². The maximum atomic E-state index is 11.4. The van der Waals surface area contributed by atoms with Gasteiger partial charge in [0.25, 0.3) is 0 Å². The molecule has 0 unspecified atom stereocenters.